The quantitative estimate of drug-likeness (QED) is 0.221. The Bertz CT molecular complexity index is 781. The summed E-state index contributed by atoms with van der Waals surface area (Å²) >= 11 is 28.7. The smallest absolute Gasteiger partial charge is 0.147 e. The molecule has 2 nitrogen and oxygen atoms in total. The van der Waals surface area contributed by atoms with Crippen LogP contribution in [0.4, 0.5) is 0 Å². The van der Waals surface area contributed by atoms with E-state index in [1.165, 1.54) is 0 Å². The van der Waals surface area contributed by atoms with Crippen LogP contribution < -0.4 is 9.47 Å². The molecular weight excluding hydrogens is 923 g/mol. The minimum absolute atomic E-state index is 0.236. The number of hydrogen-bond donors (Lipinski definition) is 0. The van der Waals surface area contributed by atoms with Crippen molar-refractivity contribution in [1.82, 2.24) is 0 Å². The molecule has 0 spiro atoms. The highest BCUT2D eigenvalue weighted by Gasteiger charge is 2.27. The maximum Gasteiger partial charge on any atom is 0.147 e. The average molecular weight is 944 g/mol. The van der Waals surface area contributed by atoms with Gasteiger partial charge in [-0.1, -0.05) is 77.6 Å². The van der Waals surface area contributed by atoms with Crippen molar-refractivity contribution < 1.29 is 9.47 Å². The van der Waals surface area contributed by atoms with Gasteiger partial charge in [-0.05, 0) is 99.1 Å². The lowest BCUT2D eigenvalue weighted by atomic mass is 9.78. The molecule has 0 amide bonds. The van der Waals surface area contributed by atoms with Gasteiger partial charge in [-0.15, -0.1) is 0 Å². The third-order valence-electron chi connectivity index (χ3n) is 4.60. The number of alkyl halides is 4. The molecular formula is C21H20Br8O2. The van der Waals surface area contributed by atoms with Gasteiger partial charge in [0.2, 0.25) is 0 Å². The lowest BCUT2D eigenvalue weighted by Crippen LogP contribution is -2.19. The molecule has 0 heterocycles. The highest BCUT2D eigenvalue weighted by Crippen LogP contribution is 2.44. The zero-order valence-corrected chi connectivity index (χ0v) is 29.3. The number of hydrogen-bond acceptors (Lipinski definition) is 2. The summed E-state index contributed by atoms with van der Waals surface area (Å²) in [5.74, 6) is 1.62. The summed E-state index contributed by atoms with van der Waals surface area (Å²) in [5.41, 5.74) is 2.07. The van der Waals surface area contributed by atoms with Crippen LogP contribution in [0, 0.1) is 0 Å². The van der Waals surface area contributed by atoms with Crippen molar-refractivity contribution in [1.29, 1.82) is 0 Å². The fourth-order valence-corrected chi connectivity index (χ4v) is 6.36. The summed E-state index contributed by atoms with van der Waals surface area (Å²) in [5, 5.41) is 0. The lowest BCUT2D eigenvalue weighted by Gasteiger charge is -2.28. The predicted octanol–water partition coefficient (Wildman–Crippen LogP) is 10.8. The van der Waals surface area contributed by atoms with E-state index in [0.29, 0.717) is 13.2 Å². The van der Waals surface area contributed by atoms with Crippen molar-refractivity contribution in [2.45, 2.75) is 39.6 Å². The Morgan fingerprint density at radius 2 is 0.935 bits per heavy atom. The first kappa shape index (κ1) is 29.1. The minimum Gasteiger partial charge on any atom is -0.491 e. The van der Waals surface area contributed by atoms with Crippen molar-refractivity contribution in [2.24, 2.45) is 0 Å². The molecule has 172 valence electrons. The van der Waals surface area contributed by atoms with E-state index >= 15 is 0 Å². The molecule has 2 aromatic rings. The molecule has 0 saturated heterocycles. The van der Waals surface area contributed by atoms with E-state index < -0.39 is 0 Å². The molecule has 31 heavy (non-hydrogen) atoms. The summed E-state index contributed by atoms with van der Waals surface area (Å²) in [6, 6.07) is 8.49. The average Bonchev–Trinajstić information content (AvgIpc) is 2.65. The second-order valence-corrected chi connectivity index (χ2v) is 17.5. The van der Waals surface area contributed by atoms with Gasteiger partial charge in [0, 0.05) is 18.3 Å². The molecule has 0 aliphatic rings. The third-order valence-corrected chi connectivity index (χ3v) is 8.79. The highest BCUT2D eigenvalue weighted by atomic mass is 79.9. The van der Waals surface area contributed by atoms with Gasteiger partial charge in [0.05, 0.1) is 38.6 Å². The van der Waals surface area contributed by atoms with Gasteiger partial charge >= 0.3 is 0 Å². The maximum atomic E-state index is 5.97. The Balaban J connectivity index is 2.30. The van der Waals surface area contributed by atoms with E-state index in [1.54, 1.807) is 0 Å². The standard InChI is InChI=1S/C21H20Br8O2/c1-21(2,11-7-13(22)19(14(23)8-11)30-5-3-17(26)27)12-9-15(24)20(16(25)10-12)31-6-4-18(28)29/h7-10,17-18H,3-6H2,1-2H3. The Hall–Kier alpha value is 1.88. The van der Waals surface area contributed by atoms with Crippen molar-refractivity contribution in [3.8, 4) is 11.5 Å². The summed E-state index contributed by atoms with van der Waals surface area (Å²) in [4.78, 5) is 0. The highest BCUT2D eigenvalue weighted by molar-refractivity contribution is 9.25. The van der Waals surface area contributed by atoms with Gasteiger partial charge in [0.1, 0.15) is 11.5 Å². The molecule has 0 aliphatic carbocycles. The molecule has 0 aliphatic heterocycles. The van der Waals surface area contributed by atoms with Gasteiger partial charge in [-0.2, -0.15) is 0 Å². The number of rotatable bonds is 10. The van der Waals surface area contributed by atoms with E-state index in [9.17, 15) is 0 Å². The zero-order chi connectivity index (χ0) is 23.3. The van der Waals surface area contributed by atoms with Crippen LogP contribution in [0.5, 0.6) is 11.5 Å². The molecule has 0 N–H and O–H groups in total. The first-order valence-electron chi connectivity index (χ1n) is 9.24. The van der Waals surface area contributed by atoms with Crippen molar-refractivity contribution in [3.05, 3.63) is 53.3 Å². The second kappa shape index (κ2) is 13.3. The Morgan fingerprint density at radius 1 is 0.645 bits per heavy atom. The van der Waals surface area contributed by atoms with Crippen LogP contribution in [0.15, 0.2) is 42.2 Å². The van der Waals surface area contributed by atoms with E-state index in [1.807, 2.05) is 0 Å². The van der Waals surface area contributed by atoms with Crippen molar-refractivity contribution >= 4 is 127 Å². The van der Waals surface area contributed by atoms with Gasteiger partial charge in [-0.3, -0.25) is 0 Å². The van der Waals surface area contributed by atoms with Crippen molar-refractivity contribution in [2.75, 3.05) is 13.2 Å². The SMILES string of the molecule is CC(C)(c1cc(Br)c(OCCC(Br)Br)c(Br)c1)c1cc(Br)c(OCCC(Br)Br)c(Br)c1. The topological polar surface area (TPSA) is 18.5 Å². The van der Waals surface area contributed by atoms with E-state index in [-0.39, 0.29) is 12.9 Å². The molecule has 0 aromatic heterocycles. The third kappa shape index (κ3) is 8.50. The second-order valence-electron chi connectivity index (χ2n) is 7.22. The Kier molecular flexibility index (Phi) is 12.5. The maximum absolute atomic E-state index is 5.97. The summed E-state index contributed by atoms with van der Waals surface area (Å²) in [6.07, 6.45) is 1.71. The summed E-state index contributed by atoms with van der Waals surface area (Å²) in [7, 11) is 0. The van der Waals surface area contributed by atoms with E-state index in [0.717, 1.165) is 53.4 Å². The van der Waals surface area contributed by atoms with Gasteiger partial charge in [0.15, 0.2) is 0 Å². The molecule has 0 fully saturated rings. The molecule has 0 radical (unpaired) electrons. The largest absolute Gasteiger partial charge is 0.491 e. The first-order chi connectivity index (χ1) is 14.4. The van der Waals surface area contributed by atoms with Gasteiger partial charge in [-0.25, -0.2) is 0 Å². The van der Waals surface area contributed by atoms with E-state index in [2.05, 4.69) is 166 Å². The van der Waals surface area contributed by atoms with Gasteiger partial charge < -0.3 is 9.47 Å². The van der Waals surface area contributed by atoms with Crippen LogP contribution in [0.2, 0.25) is 0 Å². The number of halogens is 8. The minimum atomic E-state index is -0.249. The van der Waals surface area contributed by atoms with Crippen LogP contribution in [-0.4, -0.2) is 20.7 Å². The Labute approximate surface area is 251 Å². The van der Waals surface area contributed by atoms with Crippen LogP contribution in [0.3, 0.4) is 0 Å². The van der Waals surface area contributed by atoms with Crippen LogP contribution >= 0.6 is 127 Å². The van der Waals surface area contributed by atoms with Gasteiger partial charge in [0.25, 0.3) is 0 Å². The molecule has 0 atom stereocenters. The fourth-order valence-electron chi connectivity index (χ4n) is 2.78. The Morgan fingerprint density at radius 3 is 1.19 bits per heavy atom. The summed E-state index contributed by atoms with van der Waals surface area (Å²) < 4.78 is 16.1. The van der Waals surface area contributed by atoms with Crippen LogP contribution in [0.25, 0.3) is 0 Å². The monoisotopic (exact) mass is 935 g/mol. The normalized spacial score (nSPS) is 12.0. The van der Waals surface area contributed by atoms with Crippen LogP contribution in [0.1, 0.15) is 37.8 Å². The van der Waals surface area contributed by atoms with Crippen LogP contribution in [-0.2, 0) is 5.41 Å². The lowest BCUT2D eigenvalue weighted by molar-refractivity contribution is 0.313. The molecule has 0 bridgehead atoms. The molecule has 0 unspecified atom stereocenters. The van der Waals surface area contributed by atoms with Crippen molar-refractivity contribution in [3.63, 3.8) is 0 Å². The number of ether oxygens (including phenoxy) is 2. The summed E-state index contributed by atoms with van der Waals surface area (Å²) in [6.45, 7) is 5.62. The zero-order valence-electron chi connectivity index (χ0n) is 16.6. The first-order valence-corrected chi connectivity index (χ1v) is 16.1. The predicted molar refractivity (Wildman–Crippen MR) is 159 cm³/mol. The van der Waals surface area contributed by atoms with E-state index in [4.69, 9.17) is 9.47 Å². The molecule has 10 heteroatoms. The fraction of sp³-hybridized carbons (Fsp3) is 0.429. The molecule has 2 rings (SSSR count). The number of benzene rings is 2. The molecule has 0 saturated carbocycles. The molecule has 2 aromatic carbocycles.